The lowest BCUT2D eigenvalue weighted by Crippen LogP contribution is -2.00. The number of carboxylic acid groups (broad SMARTS) is 2. The Balaban J connectivity index is 2.32. The van der Waals surface area contributed by atoms with Gasteiger partial charge >= 0.3 is 11.9 Å². The van der Waals surface area contributed by atoms with Crippen LogP contribution in [-0.2, 0) is 0 Å². The molecule has 7 nitrogen and oxygen atoms in total. The number of carbonyl (C=O) groups is 2. The Kier molecular flexibility index (Phi) is 2.76. The molecule has 0 aromatic carbocycles. The molecule has 3 aromatic rings. The van der Waals surface area contributed by atoms with Crippen molar-refractivity contribution in [3.05, 3.63) is 47.5 Å². The zero-order chi connectivity index (χ0) is 15.1. The first-order valence-corrected chi connectivity index (χ1v) is 6.03. The summed E-state index contributed by atoms with van der Waals surface area (Å²) in [4.78, 5) is 26.4. The van der Waals surface area contributed by atoms with Crippen LogP contribution in [0.4, 0.5) is 0 Å². The number of furan rings is 1. The van der Waals surface area contributed by atoms with E-state index < -0.39 is 11.9 Å². The highest BCUT2D eigenvalue weighted by atomic mass is 16.4. The van der Waals surface area contributed by atoms with Gasteiger partial charge in [0, 0.05) is 6.20 Å². The first kappa shape index (κ1) is 12.9. The highest BCUT2D eigenvalue weighted by Gasteiger charge is 2.20. The van der Waals surface area contributed by atoms with Gasteiger partial charge in [-0.2, -0.15) is 0 Å². The zero-order valence-corrected chi connectivity index (χ0v) is 10.9. The summed E-state index contributed by atoms with van der Waals surface area (Å²) in [5.41, 5.74) is -0.0271. The number of pyridine rings is 1. The van der Waals surface area contributed by atoms with Crippen molar-refractivity contribution in [1.82, 2.24) is 9.38 Å². The summed E-state index contributed by atoms with van der Waals surface area (Å²) in [5, 5.41) is 18.2. The fraction of sp³-hybridized carbons (Fsp3) is 0.0714. The predicted molar refractivity (Wildman–Crippen MR) is 71.5 cm³/mol. The minimum atomic E-state index is -1.23. The van der Waals surface area contributed by atoms with Crippen LogP contribution in [-0.4, -0.2) is 31.5 Å². The van der Waals surface area contributed by atoms with Crippen LogP contribution in [0.1, 0.15) is 26.6 Å². The van der Waals surface area contributed by atoms with Gasteiger partial charge in [-0.1, -0.05) is 0 Å². The molecular formula is C14H10N2O5. The highest BCUT2D eigenvalue weighted by molar-refractivity contribution is 5.97. The van der Waals surface area contributed by atoms with E-state index in [0.717, 1.165) is 0 Å². The number of fused-ring (bicyclic) bond motifs is 1. The van der Waals surface area contributed by atoms with Gasteiger partial charge in [0.25, 0.3) is 0 Å². The molecule has 0 saturated carbocycles. The molecule has 21 heavy (non-hydrogen) atoms. The normalized spacial score (nSPS) is 10.9. The van der Waals surface area contributed by atoms with E-state index in [1.807, 2.05) is 0 Å². The Morgan fingerprint density at radius 1 is 1.19 bits per heavy atom. The first-order valence-electron chi connectivity index (χ1n) is 6.03. The van der Waals surface area contributed by atoms with Crippen LogP contribution < -0.4 is 0 Å². The van der Waals surface area contributed by atoms with E-state index in [0.29, 0.717) is 17.3 Å². The van der Waals surface area contributed by atoms with E-state index in [1.165, 1.54) is 22.7 Å². The van der Waals surface area contributed by atoms with Crippen molar-refractivity contribution in [2.45, 2.75) is 6.92 Å². The maximum Gasteiger partial charge on any atom is 0.356 e. The smallest absolute Gasteiger partial charge is 0.356 e. The Bertz CT molecular complexity index is 875. The van der Waals surface area contributed by atoms with Gasteiger partial charge in [-0.05, 0) is 31.2 Å². The third-order valence-electron chi connectivity index (χ3n) is 3.05. The minimum Gasteiger partial charge on any atom is -0.478 e. The molecule has 0 aliphatic rings. The van der Waals surface area contributed by atoms with Gasteiger partial charge in [0.1, 0.15) is 5.76 Å². The number of rotatable bonds is 3. The molecule has 0 radical (unpaired) electrons. The van der Waals surface area contributed by atoms with E-state index in [1.54, 1.807) is 19.1 Å². The molecule has 106 valence electrons. The molecule has 0 unspecified atom stereocenters. The molecule has 0 atom stereocenters. The summed E-state index contributed by atoms with van der Waals surface area (Å²) < 4.78 is 6.95. The quantitative estimate of drug-likeness (QED) is 0.765. The number of aromatic carboxylic acids is 2. The Morgan fingerprint density at radius 2 is 1.95 bits per heavy atom. The molecule has 7 heteroatoms. The Labute approximate surface area is 118 Å². The van der Waals surface area contributed by atoms with Crippen LogP contribution in [0.5, 0.6) is 0 Å². The number of hydrogen-bond acceptors (Lipinski definition) is 4. The van der Waals surface area contributed by atoms with Crippen molar-refractivity contribution in [2.75, 3.05) is 0 Å². The maximum atomic E-state index is 11.3. The molecule has 0 bridgehead atoms. The summed E-state index contributed by atoms with van der Waals surface area (Å²) >= 11 is 0. The van der Waals surface area contributed by atoms with Crippen LogP contribution in [0.15, 0.2) is 34.9 Å². The van der Waals surface area contributed by atoms with Gasteiger partial charge in [-0.15, -0.1) is 0 Å². The van der Waals surface area contributed by atoms with Crippen molar-refractivity contribution < 1.29 is 24.2 Å². The van der Waals surface area contributed by atoms with Crippen molar-refractivity contribution in [2.24, 2.45) is 0 Å². The fourth-order valence-corrected chi connectivity index (χ4v) is 2.10. The van der Waals surface area contributed by atoms with Gasteiger partial charge < -0.3 is 14.6 Å². The van der Waals surface area contributed by atoms with Gasteiger partial charge in [0.15, 0.2) is 17.3 Å². The summed E-state index contributed by atoms with van der Waals surface area (Å²) in [7, 11) is 0. The predicted octanol–water partition coefficient (Wildman–Crippen LogP) is 2.30. The average molecular weight is 286 g/mol. The summed E-state index contributed by atoms with van der Waals surface area (Å²) in [6, 6.07) is 6.07. The van der Waals surface area contributed by atoms with E-state index in [-0.39, 0.29) is 16.8 Å². The number of aromatic nitrogens is 2. The van der Waals surface area contributed by atoms with Crippen LogP contribution in [0.2, 0.25) is 0 Å². The lowest BCUT2D eigenvalue weighted by Gasteiger charge is -2.00. The lowest BCUT2D eigenvalue weighted by atomic mass is 10.2. The third kappa shape index (κ3) is 2.04. The largest absolute Gasteiger partial charge is 0.478 e. The maximum absolute atomic E-state index is 11.3. The van der Waals surface area contributed by atoms with E-state index in [2.05, 4.69) is 4.98 Å². The summed E-state index contributed by atoms with van der Waals surface area (Å²) in [6.07, 6.45) is 1.46. The van der Waals surface area contributed by atoms with Crippen molar-refractivity contribution in [1.29, 1.82) is 0 Å². The standard InChI is InChI=1S/C14H10N2O5/c1-7-2-3-10(21-7)12-15-11(14(19)20)9-6-8(13(17)18)4-5-16(9)12/h2-6H,1H3,(H,17,18)(H,19,20). The number of aryl methyl sites for hydroxylation is 1. The minimum absolute atomic E-state index is 0.00734. The molecule has 0 aliphatic heterocycles. The number of imidazole rings is 1. The second kappa shape index (κ2) is 4.48. The third-order valence-corrected chi connectivity index (χ3v) is 3.05. The average Bonchev–Trinajstić information content (AvgIpc) is 3.01. The van der Waals surface area contributed by atoms with Gasteiger partial charge in [0.2, 0.25) is 0 Å². The topological polar surface area (TPSA) is 105 Å². The van der Waals surface area contributed by atoms with Crippen molar-refractivity contribution in [3.63, 3.8) is 0 Å². The molecule has 3 rings (SSSR count). The molecule has 0 spiro atoms. The van der Waals surface area contributed by atoms with Gasteiger partial charge in [-0.3, -0.25) is 4.40 Å². The molecule has 0 fully saturated rings. The second-order valence-corrected chi connectivity index (χ2v) is 4.48. The molecule has 0 saturated heterocycles. The monoisotopic (exact) mass is 286 g/mol. The Hall–Kier alpha value is -3.09. The molecule has 2 N–H and O–H groups in total. The highest BCUT2D eigenvalue weighted by Crippen LogP contribution is 2.25. The number of nitrogens with zero attached hydrogens (tertiary/aromatic N) is 2. The number of hydrogen-bond donors (Lipinski definition) is 2. The van der Waals surface area contributed by atoms with Crippen LogP contribution in [0.25, 0.3) is 17.1 Å². The van der Waals surface area contributed by atoms with Crippen LogP contribution in [0.3, 0.4) is 0 Å². The molecule has 0 aliphatic carbocycles. The van der Waals surface area contributed by atoms with E-state index in [4.69, 9.17) is 9.52 Å². The molecule has 3 aromatic heterocycles. The Morgan fingerprint density at radius 3 is 2.52 bits per heavy atom. The second-order valence-electron chi connectivity index (χ2n) is 4.48. The van der Waals surface area contributed by atoms with Crippen molar-refractivity contribution in [3.8, 4) is 11.6 Å². The van der Waals surface area contributed by atoms with Crippen LogP contribution >= 0.6 is 0 Å². The van der Waals surface area contributed by atoms with E-state index >= 15 is 0 Å². The molecule has 0 amide bonds. The SMILES string of the molecule is Cc1ccc(-c2nc(C(=O)O)c3cc(C(=O)O)ccn23)o1. The first-order chi connectivity index (χ1) is 9.97. The van der Waals surface area contributed by atoms with Crippen LogP contribution in [0, 0.1) is 6.92 Å². The van der Waals surface area contributed by atoms with Gasteiger partial charge in [-0.25, -0.2) is 14.6 Å². The summed E-state index contributed by atoms with van der Waals surface area (Å²) in [5.74, 6) is -0.971. The lowest BCUT2D eigenvalue weighted by molar-refractivity contribution is 0.0682. The van der Waals surface area contributed by atoms with Gasteiger partial charge in [0.05, 0.1) is 11.1 Å². The fourth-order valence-electron chi connectivity index (χ4n) is 2.10. The zero-order valence-electron chi connectivity index (χ0n) is 10.9. The molecule has 3 heterocycles. The summed E-state index contributed by atoms with van der Waals surface area (Å²) in [6.45, 7) is 1.76. The van der Waals surface area contributed by atoms with Crippen molar-refractivity contribution >= 4 is 17.5 Å². The van der Waals surface area contributed by atoms with E-state index in [9.17, 15) is 14.7 Å². The number of carboxylic acids is 2. The molecular weight excluding hydrogens is 276 g/mol.